The summed E-state index contributed by atoms with van der Waals surface area (Å²) in [7, 11) is 0. The lowest BCUT2D eigenvalue weighted by molar-refractivity contribution is -0.0886. The molecule has 1 rings (SSSR count). The number of anilines is 1. The van der Waals surface area contributed by atoms with E-state index in [4.69, 9.17) is 5.73 Å². The van der Waals surface area contributed by atoms with Gasteiger partial charge in [-0.2, -0.15) is 13.2 Å². The Morgan fingerprint density at radius 2 is 2.00 bits per heavy atom. The summed E-state index contributed by atoms with van der Waals surface area (Å²) in [6.45, 7) is 0. The highest BCUT2D eigenvalue weighted by atomic mass is 32.1. The summed E-state index contributed by atoms with van der Waals surface area (Å²) >= 11 is 4.45. The number of carbonyl (C=O) groups is 1. The average molecular weight is 264 g/mol. The molecule has 0 unspecified atom stereocenters. The standard InChI is InChI=1S/C9H7F3N2O2S/c10-9(11,12)7(16)6-4(14-8(13)17)2-1-3-5(6)15/h1-3,15H,(H3,13,14,17). The first kappa shape index (κ1) is 13.2. The second-order valence-corrected chi connectivity index (χ2v) is 3.46. The first-order valence-corrected chi connectivity index (χ1v) is 4.64. The van der Waals surface area contributed by atoms with Crippen molar-refractivity contribution in [3.63, 3.8) is 0 Å². The number of alkyl halides is 3. The smallest absolute Gasteiger partial charge is 0.455 e. The molecule has 1 aromatic rings. The molecule has 0 heterocycles. The van der Waals surface area contributed by atoms with Crippen LogP contribution in [0.5, 0.6) is 5.75 Å². The SMILES string of the molecule is NC(=S)Nc1cccc(O)c1C(=O)C(F)(F)F. The molecule has 0 aliphatic heterocycles. The molecule has 0 amide bonds. The molecule has 0 fully saturated rings. The molecule has 0 saturated heterocycles. The number of thiocarbonyl (C=S) groups is 1. The number of halogens is 3. The topological polar surface area (TPSA) is 75.3 Å². The van der Waals surface area contributed by atoms with Gasteiger partial charge in [-0.1, -0.05) is 6.07 Å². The van der Waals surface area contributed by atoms with E-state index < -0.39 is 23.3 Å². The number of aromatic hydroxyl groups is 1. The fraction of sp³-hybridized carbons (Fsp3) is 0.111. The van der Waals surface area contributed by atoms with Gasteiger partial charge in [0.1, 0.15) is 5.75 Å². The van der Waals surface area contributed by atoms with Gasteiger partial charge in [0.05, 0.1) is 11.3 Å². The summed E-state index contributed by atoms with van der Waals surface area (Å²) < 4.78 is 36.8. The van der Waals surface area contributed by atoms with Crippen molar-refractivity contribution in [1.82, 2.24) is 0 Å². The first-order chi connectivity index (χ1) is 7.73. The molecule has 0 aliphatic rings. The summed E-state index contributed by atoms with van der Waals surface area (Å²) in [5.74, 6) is -2.97. The number of nitrogens with one attached hydrogen (secondary N) is 1. The van der Waals surface area contributed by atoms with Crippen LogP contribution in [0.2, 0.25) is 0 Å². The van der Waals surface area contributed by atoms with Crippen molar-refractivity contribution in [2.45, 2.75) is 6.18 Å². The predicted molar refractivity (Wildman–Crippen MR) is 58.9 cm³/mol. The van der Waals surface area contributed by atoms with Crippen molar-refractivity contribution >= 4 is 28.8 Å². The number of phenols is 1. The average Bonchev–Trinajstić information content (AvgIpc) is 2.14. The van der Waals surface area contributed by atoms with Crippen LogP contribution in [0.3, 0.4) is 0 Å². The van der Waals surface area contributed by atoms with E-state index in [9.17, 15) is 23.1 Å². The van der Waals surface area contributed by atoms with Gasteiger partial charge in [0, 0.05) is 0 Å². The van der Waals surface area contributed by atoms with Crippen molar-refractivity contribution in [3.05, 3.63) is 23.8 Å². The zero-order chi connectivity index (χ0) is 13.2. The van der Waals surface area contributed by atoms with E-state index in [0.717, 1.165) is 12.1 Å². The van der Waals surface area contributed by atoms with Crippen molar-refractivity contribution in [2.75, 3.05) is 5.32 Å². The predicted octanol–water partition coefficient (Wildman–Crippen LogP) is 1.79. The maximum atomic E-state index is 12.3. The summed E-state index contributed by atoms with van der Waals surface area (Å²) in [5, 5.41) is 11.2. The van der Waals surface area contributed by atoms with Crippen LogP contribution in [0, 0.1) is 0 Å². The molecule has 0 atom stereocenters. The van der Waals surface area contributed by atoms with E-state index in [1.165, 1.54) is 6.07 Å². The van der Waals surface area contributed by atoms with Gasteiger partial charge in [0.15, 0.2) is 5.11 Å². The van der Waals surface area contributed by atoms with Crippen molar-refractivity contribution in [1.29, 1.82) is 0 Å². The minimum absolute atomic E-state index is 0.292. The molecular weight excluding hydrogens is 257 g/mol. The largest absolute Gasteiger partial charge is 0.507 e. The van der Waals surface area contributed by atoms with Gasteiger partial charge in [0.25, 0.3) is 5.78 Å². The quantitative estimate of drug-likeness (QED) is 0.561. The number of carbonyl (C=O) groups excluding carboxylic acids is 1. The molecule has 0 bridgehead atoms. The molecule has 4 nitrogen and oxygen atoms in total. The Labute approximate surface area is 99.2 Å². The lowest BCUT2D eigenvalue weighted by Crippen LogP contribution is -2.26. The van der Waals surface area contributed by atoms with Gasteiger partial charge in [-0.25, -0.2) is 0 Å². The second-order valence-electron chi connectivity index (χ2n) is 3.02. The highest BCUT2D eigenvalue weighted by Gasteiger charge is 2.42. The normalized spacial score (nSPS) is 11.0. The molecule has 0 saturated carbocycles. The zero-order valence-electron chi connectivity index (χ0n) is 8.21. The Kier molecular flexibility index (Phi) is 3.56. The van der Waals surface area contributed by atoms with E-state index in [2.05, 4.69) is 17.5 Å². The highest BCUT2D eigenvalue weighted by molar-refractivity contribution is 7.80. The van der Waals surface area contributed by atoms with Crippen LogP contribution in [0.15, 0.2) is 18.2 Å². The number of phenolic OH excluding ortho intramolecular Hbond substituents is 1. The fourth-order valence-corrected chi connectivity index (χ4v) is 1.27. The lowest BCUT2D eigenvalue weighted by Gasteiger charge is -2.12. The molecule has 0 aliphatic carbocycles. The van der Waals surface area contributed by atoms with E-state index in [-0.39, 0.29) is 10.8 Å². The van der Waals surface area contributed by atoms with E-state index in [1.54, 1.807) is 0 Å². The van der Waals surface area contributed by atoms with Gasteiger partial charge >= 0.3 is 6.18 Å². The van der Waals surface area contributed by atoms with E-state index >= 15 is 0 Å². The Hall–Kier alpha value is -1.83. The van der Waals surface area contributed by atoms with Crippen molar-refractivity contribution < 1.29 is 23.1 Å². The van der Waals surface area contributed by atoms with Gasteiger partial charge in [-0.05, 0) is 24.4 Å². The molecule has 17 heavy (non-hydrogen) atoms. The summed E-state index contributed by atoms with van der Waals surface area (Å²) in [5.41, 5.74) is 3.90. The van der Waals surface area contributed by atoms with Gasteiger partial charge in [0.2, 0.25) is 0 Å². The van der Waals surface area contributed by atoms with E-state index in [1.807, 2.05) is 0 Å². The Balaban J connectivity index is 3.30. The van der Waals surface area contributed by atoms with Gasteiger partial charge in [-0.3, -0.25) is 4.79 Å². The zero-order valence-corrected chi connectivity index (χ0v) is 9.02. The summed E-state index contributed by atoms with van der Waals surface area (Å²) in [6, 6.07) is 3.37. The van der Waals surface area contributed by atoms with Crippen LogP contribution < -0.4 is 11.1 Å². The number of hydrogen-bond acceptors (Lipinski definition) is 3. The third-order valence-corrected chi connectivity index (χ3v) is 1.89. The van der Waals surface area contributed by atoms with Gasteiger partial charge in [-0.15, -0.1) is 0 Å². The first-order valence-electron chi connectivity index (χ1n) is 4.23. The molecular formula is C9H7F3N2O2S. The minimum Gasteiger partial charge on any atom is -0.507 e. The summed E-state index contributed by atoms with van der Waals surface area (Å²) in [6.07, 6.45) is -5.09. The number of rotatable bonds is 2. The van der Waals surface area contributed by atoms with Crippen LogP contribution in [0.1, 0.15) is 10.4 Å². The molecule has 0 radical (unpaired) electrons. The van der Waals surface area contributed by atoms with Crippen LogP contribution in [0.4, 0.5) is 18.9 Å². The third-order valence-electron chi connectivity index (χ3n) is 1.78. The maximum Gasteiger partial charge on any atom is 0.455 e. The molecule has 0 spiro atoms. The molecule has 0 aromatic heterocycles. The van der Waals surface area contributed by atoms with Crippen LogP contribution in [0.25, 0.3) is 0 Å². The van der Waals surface area contributed by atoms with Crippen LogP contribution >= 0.6 is 12.2 Å². The maximum absolute atomic E-state index is 12.3. The second kappa shape index (κ2) is 4.58. The number of hydrogen-bond donors (Lipinski definition) is 3. The van der Waals surface area contributed by atoms with Crippen molar-refractivity contribution in [3.8, 4) is 5.75 Å². The molecule has 92 valence electrons. The summed E-state index contributed by atoms with van der Waals surface area (Å²) in [4.78, 5) is 11.1. The molecule has 8 heteroatoms. The van der Waals surface area contributed by atoms with Gasteiger partial charge < -0.3 is 16.2 Å². The number of nitrogens with two attached hydrogens (primary N) is 1. The van der Waals surface area contributed by atoms with Crippen molar-refractivity contribution in [2.24, 2.45) is 5.73 Å². The minimum atomic E-state index is -5.09. The number of Topliss-reactive ketones (excluding diaryl/α,β-unsaturated/α-hetero) is 1. The third kappa shape index (κ3) is 3.06. The van der Waals surface area contributed by atoms with E-state index in [0.29, 0.717) is 0 Å². The number of benzene rings is 1. The highest BCUT2D eigenvalue weighted by Crippen LogP contribution is 2.32. The molecule has 4 N–H and O–H groups in total. The van der Waals surface area contributed by atoms with Crippen LogP contribution in [-0.2, 0) is 0 Å². The van der Waals surface area contributed by atoms with Crippen LogP contribution in [-0.4, -0.2) is 22.2 Å². The fourth-order valence-electron chi connectivity index (χ4n) is 1.16. The Bertz CT molecular complexity index is 474. The Morgan fingerprint density at radius 1 is 1.41 bits per heavy atom. The monoisotopic (exact) mass is 264 g/mol. The lowest BCUT2D eigenvalue weighted by atomic mass is 10.1. The Morgan fingerprint density at radius 3 is 2.47 bits per heavy atom. The number of ketones is 1. The molecule has 1 aromatic carbocycles.